The van der Waals surface area contributed by atoms with Crippen LogP contribution in [0.1, 0.15) is 43.1 Å². The van der Waals surface area contributed by atoms with Gasteiger partial charge in [0.1, 0.15) is 17.5 Å². The van der Waals surface area contributed by atoms with Crippen molar-refractivity contribution in [1.29, 1.82) is 0 Å². The molecule has 1 aliphatic heterocycles. The van der Waals surface area contributed by atoms with Gasteiger partial charge in [-0.2, -0.15) is 0 Å². The molecule has 1 saturated heterocycles. The van der Waals surface area contributed by atoms with Crippen molar-refractivity contribution in [3.8, 4) is 11.3 Å². The van der Waals surface area contributed by atoms with Crippen molar-refractivity contribution in [2.75, 3.05) is 13.1 Å². The normalized spacial score (nSPS) is 26.2. The minimum absolute atomic E-state index is 0.251. The van der Waals surface area contributed by atoms with Crippen LogP contribution in [0.25, 0.3) is 11.3 Å². The molecule has 1 amide bonds. The van der Waals surface area contributed by atoms with E-state index in [1.807, 2.05) is 0 Å². The number of carbonyl (C=O) groups excluding carboxylic acids is 1. The Labute approximate surface area is 182 Å². The second kappa shape index (κ2) is 8.93. The summed E-state index contributed by atoms with van der Waals surface area (Å²) >= 11 is 0. The molecule has 2 aliphatic rings. The molecule has 4 rings (SSSR count). The Kier molecular flexibility index (Phi) is 6.23. The van der Waals surface area contributed by atoms with Gasteiger partial charge in [-0.15, -0.1) is 0 Å². The number of aliphatic carboxylic acids is 1. The van der Waals surface area contributed by atoms with Crippen LogP contribution in [0.5, 0.6) is 0 Å². The smallest absolute Gasteiger partial charge is 0.309 e. The summed E-state index contributed by atoms with van der Waals surface area (Å²) in [5.74, 6) is -5.82. The predicted octanol–water partition coefficient (Wildman–Crippen LogP) is 3.45. The lowest BCUT2D eigenvalue weighted by Crippen LogP contribution is -2.56. The fourth-order valence-corrected chi connectivity index (χ4v) is 4.89. The molecule has 32 heavy (non-hydrogen) atoms. The van der Waals surface area contributed by atoms with Crippen molar-refractivity contribution in [2.45, 2.75) is 44.7 Å². The van der Waals surface area contributed by atoms with Gasteiger partial charge in [0.25, 0.3) is 5.91 Å². The van der Waals surface area contributed by atoms with E-state index in [2.05, 4.69) is 22.3 Å². The molecule has 10 heteroatoms. The van der Waals surface area contributed by atoms with Gasteiger partial charge in [0, 0.05) is 43.4 Å². The Bertz CT molecular complexity index is 1000. The summed E-state index contributed by atoms with van der Waals surface area (Å²) in [5, 5.41) is 16.0. The van der Waals surface area contributed by atoms with Crippen LogP contribution < -0.4 is 5.32 Å². The molecule has 172 valence electrons. The highest BCUT2D eigenvalue weighted by molar-refractivity contribution is 5.93. The first-order valence-electron chi connectivity index (χ1n) is 10.6. The van der Waals surface area contributed by atoms with Gasteiger partial charge in [-0.1, -0.05) is 18.5 Å². The fraction of sp³-hybridized carbons (Fsp3) is 0.500. The third-order valence-corrected chi connectivity index (χ3v) is 6.56. The maximum Gasteiger partial charge on any atom is 0.309 e. The zero-order valence-electron chi connectivity index (χ0n) is 17.5. The number of nitrogens with zero attached hydrogens (tertiary/aromatic N) is 2. The van der Waals surface area contributed by atoms with E-state index >= 15 is 0 Å². The number of nitrogens with one attached hydrogen (secondary N) is 1. The van der Waals surface area contributed by atoms with Crippen molar-refractivity contribution in [3.05, 3.63) is 41.3 Å². The Balaban J connectivity index is 1.46. The number of carboxylic acid groups (broad SMARTS) is 1. The molecule has 1 aliphatic carbocycles. The maximum absolute atomic E-state index is 14.0. The summed E-state index contributed by atoms with van der Waals surface area (Å²) in [4.78, 5) is 26.7. The van der Waals surface area contributed by atoms with Crippen LogP contribution >= 0.6 is 0 Å². The summed E-state index contributed by atoms with van der Waals surface area (Å²) < 4.78 is 46.0. The lowest BCUT2D eigenvalue weighted by Gasteiger charge is -2.41. The van der Waals surface area contributed by atoms with E-state index in [9.17, 15) is 27.9 Å². The molecule has 0 spiro atoms. The second-order valence-corrected chi connectivity index (χ2v) is 8.60. The Morgan fingerprint density at radius 1 is 1.16 bits per heavy atom. The molecule has 2 aromatic rings. The number of aromatic nitrogens is 1. The molecular weight excluding hydrogens is 427 g/mol. The summed E-state index contributed by atoms with van der Waals surface area (Å²) in [7, 11) is 0. The average Bonchev–Trinajstić information content (AvgIpc) is 3.37. The summed E-state index contributed by atoms with van der Waals surface area (Å²) in [6, 6.07) is 1.77. The van der Waals surface area contributed by atoms with E-state index in [4.69, 9.17) is 4.52 Å². The first kappa shape index (κ1) is 22.3. The average molecular weight is 451 g/mol. The Morgan fingerprint density at radius 2 is 1.88 bits per heavy atom. The van der Waals surface area contributed by atoms with E-state index in [1.165, 1.54) is 0 Å². The monoisotopic (exact) mass is 451 g/mol. The van der Waals surface area contributed by atoms with Crippen molar-refractivity contribution in [1.82, 2.24) is 15.4 Å². The number of carboxylic acids is 1. The van der Waals surface area contributed by atoms with Gasteiger partial charge in [0.05, 0.1) is 11.5 Å². The van der Waals surface area contributed by atoms with Gasteiger partial charge >= 0.3 is 5.97 Å². The number of likely N-dealkylation sites (tertiary alicyclic amines) is 1. The van der Waals surface area contributed by atoms with Crippen LogP contribution in [0.3, 0.4) is 0 Å². The molecule has 2 heterocycles. The van der Waals surface area contributed by atoms with Gasteiger partial charge in [0.15, 0.2) is 11.5 Å². The molecule has 0 radical (unpaired) electrons. The quantitative estimate of drug-likeness (QED) is 0.723. The minimum atomic E-state index is -1.19. The largest absolute Gasteiger partial charge is 0.481 e. The standard InChI is InChI=1S/C22H24F3N3O4/c1-11-3-2-4-18(11)28-6-5-16(13(10-28)22(30)31)26-21(29)17-9-19(32-27-17)20-14(24)7-12(23)8-15(20)25/h7-9,11,13,16,18H,2-6,10H2,1H3,(H,26,29)(H,30,31)/t11?,13-,16-,18?/m0/s1. The number of halogens is 3. The zero-order valence-corrected chi connectivity index (χ0v) is 17.5. The van der Waals surface area contributed by atoms with Crippen LogP contribution in [0.15, 0.2) is 22.7 Å². The lowest BCUT2D eigenvalue weighted by molar-refractivity contribution is -0.145. The molecule has 1 aromatic carbocycles. The number of rotatable bonds is 5. The van der Waals surface area contributed by atoms with Crippen LogP contribution in [-0.4, -0.2) is 52.2 Å². The van der Waals surface area contributed by atoms with Crippen molar-refractivity contribution in [2.24, 2.45) is 11.8 Å². The number of hydrogen-bond donors (Lipinski definition) is 2. The minimum Gasteiger partial charge on any atom is -0.481 e. The van der Waals surface area contributed by atoms with Crippen LogP contribution in [0.2, 0.25) is 0 Å². The maximum atomic E-state index is 14.0. The highest BCUT2D eigenvalue weighted by Crippen LogP contribution is 2.33. The number of benzene rings is 1. The molecule has 1 saturated carbocycles. The van der Waals surface area contributed by atoms with E-state index in [-0.39, 0.29) is 11.5 Å². The van der Waals surface area contributed by atoms with Crippen molar-refractivity contribution < 1.29 is 32.4 Å². The molecule has 2 unspecified atom stereocenters. The highest BCUT2D eigenvalue weighted by Gasteiger charge is 2.40. The number of carbonyl (C=O) groups is 2. The van der Waals surface area contributed by atoms with Gasteiger partial charge < -0.3 is 14.9 Å². The van der Waals surface area contributed by atoms with Gasteiger partial charge in [-0.3, -0.25) is 14.5 Å². The first-order chi connectivity index (χ1) is 15.2. The zero-order chi connectivity index (χ0) is 23.0. The van der Waals surface area contributed by atoms with E-state index in [1.54, 1.807) is 0 Å². The van der Waals surface area contributed by atoms with E-state index in [0.29, 0.717) is 43.6 Å². The summed E-state index contributed by atoms with van der Waals surface area (Å²) in [6.45, 7) is 3.18. The molecule has 4 atom stereocenters. The van der Waals surface area contributed by atoms with E-state index < -0.39 is 46.9 Å². The van der Waals surface area contributed by atoms with Crippen molar-refractivity contribution in [3.63, 3.8) is 0 Å². The third kappa shape index (κ3) is 4.36. The third-order valence-electron chi connectivity index (χ3n) is 6.56. The van der Waals surface area contributed by atoms with Crippen LogP contribution in [0.4, 0.5) is 13.2 Å². The number of amides is 1. The highest BCUT2D eigenvalue weighted by atomic mass is 19.1. The van der Waals surface area contributed by atoms with Crippen LogP contribution in [0, 0.1) is 29.3 Å². The van der Waals surface area contributed by atoms with E-state index in [0.717, 1.165) is 25.3 Å². The number of piperidine rings is 1. The lowest BCUT2D eigenvalue weighted by atomic mass is 9.89. The first-order valence-corrected chi connectivity index (χ1v) is 10.6. The molecule has 7 nitrogen and oxygen atoms in total. The SMILES string of the molecule is CC1CCCC1N1CC[C@H](NC(=O)c2cc(-c3c(F)cc(F)cc3F)on2)[C@@H](C(=O)O)C1. The fourth-order valence-electron chi connectivity index (χ4n) is 4.89. The summed E-state index contributed by atoms with van der Waals surface area (Å²) in [6.07, 6.45) is 3.76. The van der Waals surface area contributed by atoms with Gasteiger partial charge in [0.2, 0.25) is 0 Å². The Hall–Kier alpha value is -2.88. The number of hydrogen-bond acceptors (Lipinski definition) is 5. The van der Waals surface area contributed by atoms with Gasteiger partial charge in [-0.05, 0) is 25.2 Å². The Morgan fingerprint density at radius 3 is 2.50 bits per heavy atom. The molecule has 2 fully saturated rings. The predicted molar refractivity (Wildman–Crippen MR) is 107 cm³/mol. The molecule has 2 N–H and O–H groups in total. The molecule has 1 aromatic heterocycles. The van der Waals surface area contributed by atoms with Crippen molar-refractivity contribution >= 4 is 11.9 Å². The van der Waals surface area contributed by atoms with Gasteiger partial charge in [-0.25, -0.2) is 13.2 Å². The second-order valence-electron chi connectivity index (χ2n) is 8.60. The summed E-state index contributed by atoms with van der Waals surface area (Å²) in [5.41, 5.74) is -0.889. The topological polar surface area (TPSA) is 95.7 Å². The molecule has 0 bridgehead atoms. The van der Waals surface area contributed by atoms with Crippen LogP contribution in [-0.2, 0) is 4.79 Å². The molecular formula is C22H24F3N3O4.